The van der Waals surface area contributed by atoms with E-state index in [2.05, 4.69) is 5.32 Å². The van der Waals surface area contributed by atoms with Crippen LogP contribution >= 0.6 is 0 Å². The molecule has 0 radical (unpaired) electrons. The van der Waals surface area contributed by atoms with Crippen molar-refractivity contribution >= 4 is 23.2 Å². The molecule has 0 saturated carbocycles. The van der Waals surface area contributed by atoms with E-state index in [-0.39, 0.29) is 37.4 Å². The van der Waals surface area contributed by atoms with Crippen LogP contribution in [0.2, 0.25) is 0 Å². The molecule has 0 bridgehead atoms. The van der Waals surface area contributed by atoms with Crippen molar-refractivity contribution in [2.45, 2.75) is 6.61 Å². The second kappa shape index (κ2) is 8.65. The zero-order valence-electron chi connectivity index (χ0n) is 16.0. The lowest BCUT2D eigenvalue weighted by Gasteiger charge is -2.28. The molecule has 1 N–H and O–H groups in total. The number of ether oxygens (including phenoxy) is 2. The number of benzene rings is 3. The maximum absolute atomic E-state index is 13.3. The molecule has 0 unspecified atom stereocenters. The van der Waals surface area contributed by atoms with Gasteiger partial charge in [0.15, 0.2) is 6.61 Å². The Kier molecular flexibility index (Phi) is 5.61. The molecule has 1 heterocycles. The van der Waals surface area contributed by atoms with Crippen molar-refractivity contribution < 1.29 is 23.5 Å². The second-order valence-corrected chi connectivity index (χ2v) is 6.73. The molecule has 2 amide bonds. The van der Waals surface area contributed by atoms with Crippen LogP contribution in [-0.4, -0.2) is 25.0 Å². The molecule has 0 aromatic heterocycles. The molecule has 30 heavy (non-hydrogen) atoms. The number of carbonyl (C=O) groups excluding carboxylic acids is 2. The quantitative estimate of drug-likeness (QED) is 0.677. The minimum atomic E-state index is -0.345. The van der Waals surface area contributed by atoms with Crippen LogP contribution in [0.4, 0.5) is 15.8 Å². The first kappa shape index (κ1) is 19.4. The maximum Gasteiger partial charge on any atom is 0.265 e. The van der Waals surface area contributed by atoms with Crippen molar-refractivity contribution in [2.24, 2.45) is 0 Å². The van der Waals surface area contributed by atoms with Crippen LogP contribution in [0, 0.1) is 5.82 Å². The number of nitrogens with zero attached hydrogens (tertiary/aromatic N) is 1. The minimum absolute atomic E-state index is 0.103. The fourth-order valence-corrected chi connectivity index (χ4v) is 3.13. The summed E-state index contributed by atoms with van der Waals surface area (Å²) in [5, 5.41) is 2.77. The van der Waals surface area contributed by atoms with Gasteiger partial charge in [0.05, 0.1) is 5.69 Å². The highest BCUT2D eigenvalue weighted by Crippen LogP contribution is 2.31. The highest BCUT2D eigenvalue weighted by Gasteiger charge is 2.26. The van der Waals surface area contributed by atoms with Crippen molar-refractivity contribution in [1.29, 1.82) is 0 Å². The van der Waals surface area contributed by atoms with E-state index in [4.69, 9.17) is 9.47 Å². The van der Waals surface area contributed by atoms with Crippen LogP contribution < -0.4 is 19.7 Å². The Labute approximate surface area is 172 Å². The lowest BCUT2D eigenvalue weighted by molar-refractivity contribution is -0.123. The summed E-state index contributed by atoms with van der Waals surface area (Å²) in [5.74, 6) is 0.150. The minimum Gasteiger partial charge on any atom is -0.489 e. The molecule has 3 aromatic rings. The SMILES string of the molecule is O=C(CN1C(=O)COc2ccccc21)Nc1cccc(OCc2cccc(F)c2)c1. The van der Waals surface area contributed by atoms with Gasteiger partial charge in [0, 0.05) is 11.8 Å². The number of halogens is 1. The number of anilines is 2. The van der Waals surface area contributed by atoms with Crippen molar-refractivity contribution in [3.05, 3.63) is 84.2 Å². The van der Waals surface area contributed by atoms with Gasteiger partial charge in [-0.15, -0.1) is 0 Å². The zero-order valence-corrected chi connectivity index (χ0v) is 16.0. The van der Waals surface area contributed by atoms with E-state index in [9.17, 15) is 14.0 Å². The molecule has 4 rings (SSSR count). The monoisotopic (exact) mass is 406 g/mol. The number of hydrogen-bond donors (Lipinski definition) is 1. The maximum atomic E-state index is 13.3. The van der Waals surface area contributed by atoms with E-state index >= 15 is 0 Å². The molecule has 0 saturated heterocycles. The largest absolute Gasteiger partial charge is 0.489 e. The van der Waals surface area contributed by atoms with Gasteiger partial charge < -0.3 is 14.8 Å². The van der Waals surface area contributed by atoms with Gasteiger partial charge in [0.2, 0.25) is 5.91 Å². The van der Waals surface area contributed by atoms with Crippen LogP contribution in [0.3, 0.4) is 0 Å². The number of fused-ring (bicyclic) bond motifs is 1. The Morgan fingerprint density at radius 2 is 1.90 bits per heavy atom. The molecule has 0 atom stereocenters. The molecule has 1 aliphatic heterocycles. The average molecular weight is 406 g/mol. The molecule has 3 aromatic carbocycles. The van der Waals surface area contributed by atoms with Gasteiger partial charge in [-0.1, -0.05) is 30.3 Å². The van der Waals surface area contributed by atoms with Crippen molar-refractivity contribution in [3.63, 3.8) is 0 Å². The summed E-state index contributed by atoms with van der Waals surface area (Å²) >= 11 is 0. The van der Waals surface area contributed by atoms with E-state index in [1.807, 2.05) is 6.07 Å². The lowest BCUT2D eigenvalue weighted by atomic mass is 10.2. The van der Waals surface area contributed by atoms with Gasteiger partial charge in [-0.3, -0.25) is 14.5 Å². The Hall–Kier alpha value is -3.87. The van der Waals surface area contributed by atoms with Crippen molar-refractivity contribution in [3.8, 4) is 11.5 Å². The third-order valence-electron chi connectivity index (χ3n) is 4.52. The standard InChI is InChI=1S/C23H19FN2O4/c24-17-6-3-5-16(11-17)14-29-19-8-4-7-18(12-19)25-22(27)13-26-20-9-1-2-10-21(20)30-15-23(26)28/h1-12H,13-15H2,(H,25,27). The molecule has 0 spiro atoms. The first-order valence-corrected chi connectivity index (χ1v) is 9.38. The van der Waals surface area contributed by atoms with E-state index in [0.29, 0.717) is 28.4 Å². The van der Waals surface area contributed by atoms with E-state index in [1.165, 1.54) is 17.0 Å². The molecule has 7 heteroatoms. The molecular formula is C23H19FN2O4. The molecule has 152 valence electrons. The number of nitrogens with one attached hydrogen (secondary N) is 1. The van der Waals surface area contributed by atoms with Gasteiger partial charge >= 0.3 is 0 Å². The fraction of sp³-hybridized carbons (Fsp3) is 0.130. The zero-order chi connectivity index (χ0) is 20.9. The van der Waals surface area contributed by atoms with Gasteiger partial charge in [0.1, 0.15) is 30.5 Å². The predicted octanol–water partition coefficient (Wildman–Crippen LogP) is 3.77. The van der Waals surface area contributed by atoms with Crippen LogP contribution in [0.15, 0.2) is 72.8 Å². The average Bonchev–Trinajstić information content (AvgIpc) is 2.75. The Bertz CT molecular complexity index is 1090. The molecule has 0 fully saturated rings. The highest BCUT2D eigenvalue weighted by atomic mass is 19.1. The lowest BCUT2D eigenvalue weighted by Crippen LogP contribution is -2.43. The van der Waals surface area contributed by atoms with Gasteiger partial charge in [0.25, 0.3) is 5.91 Å². The molecule has 6 nitrogen and oxygen atoms in total. The van der Waals surface area contributed by atoms with Gasteiger partial charge in [-0.2, -0.15) is 0 Å². The van der Waals surface area contributed by atoms with E-state index in [0.717, 1.165) is 0 Å². The number of para-hydroxylation sites is 2. The molecule has 0 aliphatic carbocycles. The Balaban J connectivity index is 1.39. The van der Waals surface area contributed by atoms with Crippen LogP contribution in [0.25, 0.3) is 0 Å². The summed E-state index contributed by atoms with van der Waals surface area (Å²) in [4.78, 5) is 26.2. The smallest absolute Gasteiger partial charge is 0.265 e. The van der Waals surface area contributed by atoms with Gasteiger partial charge in [-0.05, 0) is 42.0 Å². The third-order valence-corrected chi connectivity index (χ3v) is 4.52. The number of rotatable bonds is 6. The van der Waals surface area contributed by atoms with E-state index in [1.54, 1.807) is 54.6 Å². The highest BCUT2D eigenvalue weighted by molar-refractivity contribution is 6.04. The Morgan fingerprint density at radius 3 is 2.77 bits per heavy atom. The summed E-state index contributed by atoms with van der Waals surface area (Å²) < 4.78 is 24.3. The third kappa shape index (κ3) is 4.57. The number of hydrogen-bond acceptors (Lipinski definition) is 4. The number of carbonyl (C=O) groups is 2. The topological polar surface area (TPSA) is 67.9 Å². The van der Waals surface area contributed by atoms with Crippen molar-refractivity contribution in [2.75, 3.05) is 23.4 Å². The second-order valence-electron chi connectivity index (χ2n) is 6.73. The van der Waals surface area contributed by atoms with Crippen molar-refractivity contribution in [1.82, 2.24) is 0 Å². The van der Waals surface area contributed by atoms with Gasteiger partial charge in [-0.25, -0.2) is 4.39 Å². The summed E-state index contributed by atoms with van der Waals surface area (Å²) in [7, 11) is 0. The van der Waals surface area contributed by atoms with Crippen LogP contribution in [0.1, 0.15) is 5.56 Å². The predicted molar refractivity (Wildman–Crippen MR) is 110 cm³/mol. The first-order valence-electron chi connectivity index (χ1n) is 9.38. The number of amides is 2. The first-order chi connectivity index (χ1) is 14.6. The normalized spacial score (nSPS) is 12.7. The van der Waals surface area contributed by atoms with Crippen LogP contribution in [0.5, 0.6) is 11.5 Å². The fourth-order valence-electron chi connectivity index (χ4n) is 3.13. The summed E-state index contributed by atoms with van der Waals surface area (Å²) in [6, 6.07) is 20.1. The summed E-state index contributed by atoms with van der Waals surface area (Å²) in [6.45, 7) is -0.0322. The Morgan fingerprint density at radius 1 is 1.07 bits per heavy atom. The molecular weight excluding hydrogens is 387 g/mol. The summed E-state index contributed by atoms with van der Waals surface area (Å²) in [6.07, 6.45) is 0. The summed E-state index contributed by atoms with van der Waals surface area (Å²) in [5.41, 5.74) is 1.80. The van der Waals surface area contributed by atoms with E-state index < -0.39 is 0 Å². The van der Waals surface area contributed by atoms with Crippen LogP contribution in [-0.2, 0) is 16.2 Å². The molecule has 1 aliphatic rings.